The number of anilines is 3. The third-order valence-electron chi connectivity index (χ3n) is 4.44. The first-order chi connectivity index (χ1) is 13.4. The molecule has 8 heteroatoms. The van der Waals surface area contributed by atoms with Gasteiger partial charge in [-0.15, -0.1) is 0 Å². The Kier molecular flexibility index (Phi) is 6.36. The van der Waals surface area contributed by atoms with Gasteiger partial charge in [-0.1, -0.05) is 40.5 Å². The topological polar surface area (TPSA) is 78.5 Å². The zero-order chi connectivity index (χ0) is 20.3. The highest BCUT2D eigenvalue weighted by Crippen LogP contribution is 2.30. The molecule has 28 heavy (non-hydrogen) atoms. The van der Waals surface area contributed by atoms with Gasteiger partial charge in [-0.3, -0.25) is 14.4 Å². The molecule has 1 aliphatic heterocycles. The van der Waals surface area contributed by atoms with E-state index in [9.17, 15) is 14.4 Å². The van der Waals surface area contributed by atoms with Crippen LogP contribution in [-0.2, 0) is 14.4 Å². The molecule has 0 aliphatic carbocycles. The molecule has 1 fully saturated rings. The summed E-state index contributed by atoms with van der Waals surface area (Å²) in [6.45, 7) is 2.05. The van der Waals surface area contributed by atoms with Crippen LogP contribution in [0.5, 0.6) is 0 Å². The molecule has 6 nitrogen and oxygen atoms in total. The van der Waals surface area contributed by atoms with Crippen LogP contribution < -0.4 is 15.5 Å². The lowest BCUT2D eigenvalue weighted by molar-refractivity contribution is -0.122. The first-order valence-electron chi connectivity index (χ1n) is 8.83. The normalized spacial score (nSPS) is 16.2. The van der Waals surface area contributed by atoms with Gasteiger partial charge in [-0.05, 0) is 36.4 Å². The Hall–Kier alpha value is -2.38. The van der Waals surface area contributed by atoms with Crippen LogP contribution in [0.2, 0.25) is 5.02 Å². The van der Waals surface area contributed by atoms with E-state index in [2.05, 4.69) is 26.6 Å². The van der Waals surface area contributed by atoms with Crippen molar-refractivity contribution in [1.82, 2.24) is 0 Å². The second-order valence-corrected chi connectivity index (χ2v) is 7.79. The number of carbonyl (C=O) groups is 3. The van der Waals surface area contributed by atoms with E-state index in [-0.39, 0.29) is 24.1 Å². The molecule has 1 unspecified atom stereocenters. The van der Waals surface area contributed by atoms with Crippen molar-refractivity contribution < 1.29 is 14.4 Å². The van der Waals surface area contributed by atoms with Gasteiger partial charge in [0.15, 0.2) is 0 Å². The van der Waals surface area contributed by atoms with Crippen LogP contribution in [0.4, 0.5) is 17.1 Å². The first kappa shape index (κ1) is 20.4. The highest BCUT2D eigenvalue weighted by Gasteiger charge is 2.35. The fourth-order valence-corrected chi connectivity index (χ4v) is 3.51. The maximum Gasteiger partial charge on any atom is 0.229 e. The predicted octanol–water partition coefficient (Wildman–Crippen LogP) is 4.44. The van der Waals surface area contributed by atoms with E-state index in [1.807, 2.05) is 24.3 Å². The van der Waals surface area contributed by atoms with Crippen LogP contribution in [0.3, 0.4) is 0 Å². The van der Waals surface area contributed by atoms with Gasteiger partial charge in [-0.2, -0.15) is 0 Å². The summed E-state index contributed by atoms with van der Waals surface area (Å²) in [6.07, 6.45) is 0.474. The number of amides is 3. The largest absolute Gasteiger partial charge is 0.326 e. The van der Waals surface area contributed by atoms with Gasteiger partial charge in [0.25, 0.3) is 0 Å². The van der Waals surface area contributed by atoms with Crippen molar-refractivity contribution in [2.45, 2.75) is 19.8 Å². The highest BCUT2D eigenvalue weighted by molar-refractivity contribution is 9.10. The van der Waals surface area contributed by atoms with Crippen molar-refractivity contribution in [1.29, 1.82) is 0 Å². The maximum atomic E-state index is 12.7. The van der Waals surface area contributed by atoms with Crippen molar-refractivity contribution in [2.24, 2.45) is 5.92 Å². The van der Waals surface area contributed by atoms with Crippen LogP contribution in [-0.4, -0.2) is 24.3 Å². The van der Waals surface area contributed by atoms with Crippen LogP contribution in [0.25, 0.3) is 0 Å². The Balaban J connectivity index is 1.71. The Morgan fingerprint density at radius 3 is 2.71 bits per heavy atom. The molecule has 0 saturated carbocycles. The molecule has 2 aromatic carbocycles. The lowest BCUT2D eigenvalue weighted by atomic mass is 10.1. The second kappa shape index (κ2) is 8.75. The molecule has 2 aromatic rings. The van der Waals surface area contributed by atoms with Crippen molar-refractivity contribution in [2.75, 3.05) is 22.1 Å². The molecule has 2 N–H and O–H groups in total. The minimum absolute atomic E-state index is 0.103. The van der Waals surface area contributed by atoms with Crippen molar-refractivity contribution in [3.05, 3.63) is 52.0 Å². The molecule has 1 heterocycles. The van der Waals surface area contributed by atoms with Crippen LogP contribution >= 0.6 is 27.5 Å². The lowest BCUT2D eigenvalue weighted by Gasteiger charge is -2.17. The van der Waals surface area contributed by atoms with E-state index < -0.39 is 5.92 Å². The molecule has 0 aromatic heterocycles. The summed E-state index contributed by atoms with van der Waals surface area (Å²) in [7, 11) is 0. The summed E-state index contributed by atoms with van der Waals surface area (Å²) in [5, 5.41) is 5.86. The number of hydrogen-bond donors (Lipinski definition) is 2. The molecule has 0 radical (unpaired) electrons. The summed E-state index contributed by atoms with van der Waals surface area (Å²) >= 11 is 9.57. The number of rotatable bonds is 5. The highest BCUT2D eigenvalue weighted by atomic mass is 79.9. The Morgan fingerprint density at radius 1 is 1.21 bits per heavy atom. The number of nitrogens with one attached hydrogen (secondary N) is 2. The quantitative estimate of drug-likeness (QED) is 0.686. The Morgan fingerprint density at radius 2 is 2.00 bits per heavy atom. The zero-order valence-corrected chi connectivity index (χ0v) is 17.5. The SMILES string of the molecule is CCC(=O)Nc1ccc(Cl)c(NC(=O)C2CC(=O)N(c3cccc(Br)c3)C2)c1. The van der Waals surface area contributed by atoms with Gasteiger partial charge in [0, 0.05) is 35.2 Å². The lowest BCUT2D eigenvalue weighted by Crippen LogP contribution is -2.28. The smallest absolute Gasteiger partial charge is 0.229 e. The molecule has 3 rings (SSSR count). The van der Waals surface area contributed by atoms with E-state index in [0.717, 1.165) is 10.2 Å². The van der Waals surface area contributed by atoms with Gasteiger partial charge in [-0.25, -0.2) is 0 Å². The number of benzene rings is 2. The third-order valence-corrected chi connectivity index (χ3v) is 5.27. The van der Waals surface area contributed by atoms with Crippen LogP contribution in [0.1, 0.15) is 19.8 Å². The average Bonchev–Trinajstić information content (AvgIpc) is 3.06. The third kappa shape index (κ3) is 4.72. The van der Waals surface area contributed by atoms with E-state index >= 15 is 0 Å². The molecule has 1 atom stereocenters. The molecule has 0 spiro atoms. The Labute approximate surface area is 176 Å². The molecule has 1 aliphatic rings. The van der Waals surface area contributed by atoms with Gasteiger partial charge in [0.05, 0.1) is 16.6 Å². The zero-order valence-electron chi connectivity index (χ0n) is 15.2. The molecule has 3 amide bonds. The van der Waals surface area contributed by atoms with Crippen molar-refractivity contribution in [3.63, 3.8) is 0 Å². The van der Waals surface area contributed by atoms with Crippen molar-refractivity contribution in [3.8, 4) is 0 Å². The summed E-state index contributed by atoms with van der Waals surface area (Å²) < 4.78 is 0.864. The molecule has 1 saturated heterocycles. The molecular formula is C20H19BrClN3O3. The number of halogens is 2. The summed E-state index contributed by atoms with van der Waals surface area (Å²) in [5.41, 5.74) is 1.69. The van der Waals surface area contributed by atoms with Crippen LogP contribution in [0, 0.1) is 5.92 Å². The fraction of sp³-hybridized carbons (Fsp3) is 0.250. The van der Waals surface area contributed by atoms with E-state index in [1.54, 1.807) is 30.0 Å². The van der Waals surface area contributed by atoms with E-state index in [1.165, 1.54) is 0 Å². The molecule has 146 valence electrons. The molecular weight excluding hydrogens is 446 g/mol. The summed E-state index contributed by atoms with van der Waals surface area (Å²) in [4.78, 5) is 38.3. The average molecular weight is 465 g/mol. The predicted molar refractivity (Wildman–Crippen MR) is 114 cm³/mol. The van der Waals surface area contributed by atoms with E-state index in [4.69, 9.17) is 11.6 Å². The summed E-state index contributed by atoms with van der Waals surface area (Å²) in [5.74, 6) is -1.01. The Bertz CT molecular complexity index is 935. The number of nitrogens with zero attached hydrogens (tertiary/aromatic N) is 1. The maximum absolute atomic E-state index is 12.7. The first-order valence-corrected chi connectivity index (χ1v) is 10.0. The standard InChI is InChI=1S/C20H19BrClN3O3/c1-2-18(26)23-14-6-7-16(22)17(10-14)24-20(28)12-8-19(27)25(11-12)15-5-3-4-13(21)9-15/h3-7,9-10,12H,2,8,11H2,1H3,(H,23,26)(H,24,28). The van der Waals surface area contributed by atoms with Crippen molar-refractivity contribution >= 4 is 62.3 Å². The van der Waals surface area contributed by atoms with Crippen LogP contribution in [0.15, 0.2) is 46.9 Å². The van der Waals surface area contributed by atoms with Gasteiger partial charge < -0.3 is 15.5 Å². The second-order valence-electron chi connectivity index (χ2n) is 6.47. The van der Waals surface area contributed by atoms with E-state index in [0.29, 0.717) is 29.4 Å². The monoisotopic (exact) mass is 463 g/mol. The number of hydrogen-bond acceptors (Lipinski definition) is 3. The minimum atomic E-state index is -0.489. The number of carbonyl (C=O) groups excluding carboxylic acids is 3. The fourth-order valence-electron chi connectivity index (χ4n) is 2.96. The van der Waals surface area contributed by atoms with Gasteiger partial charge >= 0.3 is 0 Å². The minimum Gasteiger partial charge on any atom is -0.326 e. The summed E-state index contributed by atoms with van der Waals surface area (Å²) in [6, 6.07) is 12.3. The molecule has 0 bridgehead atoms. The van der Waals surface area contributed by atoms with Gasteiger partial charge in [0.1, 0.15) is 0 Å². The van der Waals surface area contributed by atoms with Gasteiger partial charge in [0.2, 0.25) is 17.7 Å².